The van der Waals surface area contributed by atoms with Crippen molar-refractivity contribution in [3.05, 3.63) is 42.0 Å². The van der Waals surface area contributed by atoms with Crippen molar-refractivity contribution in [2.45, 2.75) is 45.7 Å². The lowest BCUT2D eigenvalue weighted by molar-refractivity contribution is -0.148. The first kappa shape index (κ1) is 19.1. The Balaban J connectivity index is 1.76. The summed E-state index contributed by atoms with van der Waals surface area (Å²) >= 11 is 0. The van der Waals surface area contributed by atoms with Crippen molar-refractivity contribution < 1.29 is 19.5 Å². The third kappa shape index (κ3) is 4.04. The van der Waals surface area contributed by atoms with Gasteiger partial charge in [0, 0.05) is 6.54 Å². The first-order valence-electron chi connectivity index (χ1n) is 9.46. The molecule has 1 heterocycles. The Kier molecular flexibility index (Phi) is 5.63. The van der Waals surface area contributed by atoms with Gasteiger partial charge in [0.2, 0.25) is 17.7 Å². The highest BCUT2D eigenvalue weighted by Crippen LogP contribution is 2.37. The minimum absolute atomic E-state index is 0.127. The van der Waals surface area contributed by atoms with E-state index in [-0.39, 0.29) is 47.8 Å². The molecule has 6 nitrogen and oxygen atoms in total. The number of carbonyl (C=O) groups excluding carboxylic acids is 3. The van der Waals surface area contributed by atoms with E-state index in [4.69, 9.17) is 0 Å². The zero-order valence-electron chi connectivity index (χ0n) is 15.7. The van der Waals surface area contributed by atoms with Crippen LogP contribution in [0.5, 0.6) is 5.75 Å². The number of nitrogens with one attached hydrogen (secondary N) is 1. The number of allylic oxidation sites excluding steroid dienone is 2. The van der Waals surface area contributed by atoms with Crippen molar-refractivity contribution in [3.8, 4) is 5.75 Å². The van der Waals surface area contributed by atoms with Crippen LogP contribution in [0.15, 0.2) is 36.4 Å². The molecule has 6 heteroatoms. The van der Waals surface area contributed by atoms with Gasteiger partial charge in [-0.25, -0.2) is 0 Å². The van der Waals surface area contributed by atoms with Crippen molar-refractivity contribution in [3.63, 3.8) is 0 Å². The summed E-state index contributed by atoms with van der Waals surface area (Å²) in [4.78, 5) is 39.8. The van der Waals surface area contributed by atoms with Crippen molar-refractivity contribution in [1.29, 1.82) is 0 Å². The molecule has 0 bridgehead atoms. The fraction of sp³-hybridized carbons (Fsp3) is 0.476. The second-order valence-electron chi connectivity index (χ2n) is 7.74. The molecule has 3 atom stereocenters. The van der Waals surface area contributed by atoms with Gasteiger partial charge in [0.15, 0.2) is 0 Å². The molecule has 27 heavy (non-hydrogen) atoms. The highest BCUT2D eigenvalue weighted by molar-refractivity contribution is 6.08. The molecule has 144 valence electrons. The molecule has 1 aromatic carbocycles. The second kappa shape index (κ2) is 7.94. The number of carbonyl (C=O) groups is 3. The molecule has 1 aliphatic carbocycles. The number of rotatable bonds is 6. The Bertz CT molecular complexity index is 745. The fourth-order valence-electron chi connectivity index (χ4n) is 3.88. The number of imide groups is 1. The number of benzene rings is 1. The van der Waals surface area contributed by atoms with Crippen LogP contribution in [0, 0.1) is 17.8 Å². The molecule has 1 fully saturated rings. The summed E-state index contributed by atoms with van der Waals surface area (Å²) in [6, 6.07) is 5.83. The summed E-state index contributed by atoms with van der Waals surface area (Å²) in [7, 11) is 0. The Labute approximate surface area is 159 Å². The second-order valence-corrected chi connectivity index (χ2v) is 7.74. The molecule has 1 aromatic rings. The van der Waals surface area contributed by atoms with Crippen molar-refractivity contribution in [2.75, 3.05) is 0 Å². The summed E-state index contributed by atoms with van der Waals surface area (Å²) in [5, 5.41) is 12.4. The van der Waals surface area contributed by atoms with Crippen molar-refractivity contribution >= 4 is 17.7 Å². The molecule has 2 aliphatic rings. The van der Waals surface area contributed by atoms with Crippen LogP contribution in [0.3, 0.4) is 0 Å². The van der Waals surface area contributed by atoms with Gasteiger partial charge in [-0.15, -0.1) is 0 Å². The topological polar surface area (TPSA) is 86.7 Å². The van der Waals surface area contributed by atoms with Gasteiger partial charge in [-0.2, -0.15) is 0 Å². The van der Waals surface area contributed by atoms with Crippen LogP contribution in [0.4, 0.5) is 0 Å². The summed E-state index contributed by atoms with van der Waals surface area (Å²) in [6.45, 7) is 4.16. The predicted molar refractivity (Wildman–Crippen MR) is 100 cm³/mol. The Morgan fingerprint density at radius 2 is 1.81 bits per heavy atom. The Morgan fingerprint density at radius 3 is 2.37 bits per heavy atom. The van der Waals surface area contributed by atoms with Gasteiger partial charge in [0.25, 0.3) is 0 Å². The largest absolute Gasteiger partial charge is 0.508 e. The number of phenols is 1. The molecule has 1 saturated heterocycles. The molecule has 3 rings (SSSR count). The molecular weight excluding hydrogens is 344 g/mol. The number of nitrogens with zero attached hydrogens (tertiary/aromatic N) is 1. The normalized spacial score (nSPS) is 22.9. The van der Waals surface area contributed by atoms with Crippen LogP contribution in [-0.4, -0.2) is 33.8 Å². The average molecular weight is 370 g/mol. The number of phenolic OH excluding ortho intramolecular Hbond substituents is 1. The summed E-state index contributed by atoms with van der Waals surface area (Å²) < 4.78 is 0. The molecular formula is C21H26N2O4. The quantitative estimate of drug-likeness (QED) is 0.595. The lowest BCUT2D eigenvalue weighted by Gasteiger charge is -2.27. The molecule has 0 spiro atoms. The molecule has 0 aromatic heterocycles. The van der Waals surface area contributed by atoms with Gasteiger partial charge in [0.05, 0.1) is 11.8 Å². The van der Waals surface area contributed by atoms with Gasteiger partial charge < -0.3 is 10.4 Å². The minimum Gasteiger partial charge on any atom is -0.508 e. The molecule has 2 N–H and O–H groups in total. The average Bonchev–Trinajstić information content (AvgIpc) is 2.89. The predicted octanol–water partition coefficient (Wildman–Crippen LogP) is 2.37. The van der Waals surface area contributed by atoms with E-state index in [0.717, 1.165) is 5.56 Å². The van der Waals surface area contributed by atoms with E-state index in [2.05, 4.69) is 5.32 Å². The zero-order valence-corrected chi connectivity index (χ0v) is 15.7. The summed E-state index contributed by atoms with van der Waals surface area (Å²) in [5.74, 6) is -1.18. The molecule has 0 saturated carbocycles. The van der Waals surface area contributed by atoms with Crippen LogP contribution >= 0.6 is 0 Å². The summed E-state index contributed by atoms with van der Waals surface area (Å²) in [6.07, 6.45) is 5.43. The highest BCUT2D eigenvalue weighted by Gasteiger charge is 2.51. The van der Waals surface area contributed by atoms with E-state index < -0.39 is 6.04 Å². The van der Waals surface area contributed by atoms with Gasteiger partial charge in [0.1, 0.15) is 11.8 Å². The molecule has 1 aliphatic heterocycles. The maximum absolute atomic E-state index is 12.9. The Hall–Kier alpha value is -2.63. The first-order valence-corrected chi connectivity index (χ1v) is 9.46. The molecule has 0 radical (unpaired) electrons. The van der Waals surface area contributed by atoms with E-state index in [1.54, 1.807) is 24.3 Å². The fourth-order valence-corrected chi connectivity index (χ4v) is 3.88. The van der Waals surface area contributed by atoms with Gasteiger partial charge in [-0.3, -0.25) is 19.3 Å². The lowest BCUT2D eigenvalue weighted by Crippen LogP contribution is -2.50. The van der Waals surface area contributed by atoms with Crippen molar-refractivity contribution in [2.24, 2.45) is 17.8 Å². The van der Waals surface area contributed by atoms with Crippen LogP contribution < -0.4 is 5.32 Å². The van der Waals surface area contributed by atoms with Crippen molar-refractivity contribution in [1.82, 2.24) is 10.2 Å². The van der Waals surface area contributed by atoms with E-state index in [1.165, 1.54) is 4.90 Å². The van der Waals surface area contributed by atoms with Crippen LogP contribution in [0.2, 0.25) is 0 Å². The summed E-state index contributed by atoms with van der Waals surface area (Å²) in [5.41, 5.74) is 0.753. The minimum atomic E-state index is -0.798. The number of hydrogen-bond acceptors (Lipinski definition) is 4. The monoisotopic (exact) mass is 370 g/mol. The number of fused-ring (bicyclic) bond motifs is 1. The smallest absolute Gasteiger partial charge is 0.243 e. The van der Waals surface area contributed by atoms with Crippen LogP contribution in [0.1, 0.15) is 38.7 Å². The van der Waals surface area contributed by atoms with Crippen LogP contribution in [-0.2, 0) is 20.9 Å². The SMILES string of the molecule is CC(C)C[C@H](C(=O)NCc1cccc(O)c1)N1C(=O)[C@@H]2CC=CC[C@H]2C1=O. The third-order valence-electron chi connectivity index (χ3n) is 5.23. The van der Waals surface area contributed by atoms with Crippen LogP contribution in [0.25, 0.3) is 0 Å². The molecule has 0 unspecified atom stereocenters. The van der Waals surface area contributed by atoms with E-state index in [1.807, 2.05) is 26.0 Å². The zero-order chi connectivity index (χ0) is 19.6. The lowest BCUT2D eigenvalue weighted by atomic mass is 9.85. The van der Waals surface area contributed by atoms with Gasteiger partial charge in [-0.05, 0) is 42.9 Å². The molecule has 3 amide bonds. The maximum atomic E-state index is 12.9. The van der Waals surface area contributed by atoms with Gasteiger partial charge in [-0.1, -0.05) is 38.1 Å². The highest BCUT2D eigenvalue weighted by atomic mass is 16.3. The third-order valence-corrected chi connectivity index (χ3v) is 5.23. The number of likely N-dealkylation sites (tertiary alicyclic amines) is 1. The maximum Gasteiger partial charge on any atom is 0.243 e. The number of amides is 3. The van der Waals surface area contributed by atoms with E-state index in [9.17, 15) is 19.5 Å². The Morgan fingerprint density at radius 1 is 1.19 bits per heavy atom. The van der Waals surface area contributed by atoms with E-state index >= 15 is 0 Å². The number of hydrogen-bond donors (Lipinski definition) is 2. The van der Waals surface area contributed by atoms with Gasteiger partial charge >= 0.3 is 0 Å². The number of aromatic hydroxyl groups is 1. The van der Waals surface area contributed by atoms with E-state index in [0.29, 0.717) is 19.3 Å². The first-order chi connectivity index (χ1) is 12.9. The standard InChI is InChI=1S/C21H26N2O4/c1-13(2)10-18(19(25)22-12-14-6-5-7-15(24)11-14)23-20(26)16-8-3-4-9-17(16)21(23)27/h3-7,11,13,16-18,24H,8-10,12H2,1-2H3,(H,22,25)/t16-,17-,18-/m1/s1.